The first-order valence-electron chi connectivity index (χ1n) is 11.0. The standard InChI is InChI=1S/C18H37O12P3/c1-11(2)31(19,20)25-9-17-16(8-14(6)27-17)30-33(23,24)26-10-18-15(7-13(5)28-18)29-32(21,22)12(3)4/h11-18H,7-10H2,1-6H3,(H,19,20)(H,21,22)(H,23,24)/t13-,14-,15-,16-,17+,18+/m0/s1. The molecular weight excluding hydrogens is 501 g/mol. The van der Waals surface area contributed by atoms with Crippen molar-refractivity contribution in [2.45, 2.75) is 102 Å². The molecule has 3 unspecified atom stereocenters. The molecule has 0 bridgehead atoms. The number of hydrogen-bond acceptors (Lipinski definition) is 9. The Morgan fingerprint density at radius 2 is 1.18 bits per heavy atom. The molecule has 0 aliphatic carbocycles. The van der Waals surface area contributed by atoms with Gasteiger partial charge < -0.3 is 33.2 Å². The van der Waals surface area contributed by atoms with Gasteiger partial charge in [0.05, 0.1) is 42.8 Å². The van der Waals surface area contributed by atoms with Gasteiger partial charge in [0.1, 0.15) is 18.3 Å². The summed E-state index contributed by atoms with van der Waals surface area (Å²) in [6.07, 6.45) is -3.42. The molecule has 2 fully saturated rings. The van der Waals surface area contributed by atoms with E-state index in [1.54, 1.807) is 41.5 Å². The van der Waals surface area contributed by atoms with Crippen LogP contribution in [0.25, 0.3) is 0 Å². The third kappa shape index (κ3) is 8.74. The van der Waals surface area contributed by atoms with Gasteiger partial charge in [-0.25, -0.2) is 4.57 Å². The number of ether oxygens (including phenoxy) is 2. The van der Waals surface area contributed by atoms with Gasteiger partial charge in [0, 0.05) is 12.8 Å². The lowest BCUT2D eigenvalue weighted by Gasteiger charge is -2.26. The molecule has 0 spiro atoms. The summed E-state index contributed by atoms with van der Waals surface area (Å²) in [5, 5.41) is 0. The van der Waals surface area contributed by atoms with Crippen molar-refractivity contribution in [3.05, 3.63) is 0 Å². The van der Waals surface area contributed by atoms with Gasteiger partial charge in [-0.3, -0.25) is 18.2 Å². The molecule has 12 nitrogen and oxygen atoms in total. The zero-order valence-electron chi connectivity index (χ0n) is 19.8. The van der Waals surface area contributed by atoms with Crippen molar-refractivity contribution >= 4 is 23.0 Å². The molecule has 33 heavy (non-hydrogen) atoms. The van der Waals surface area contributed by atoms with Crippen LogP contribution in [0, 0.1) is 0 Å². The largest absolute Gasteiger partial charge is 0.472 e. The molecule has 0 aromatic heterocycles. The lowest BCUT2D eigenvalue weighted by molar-refractivity contribution is -0.0313. The normalized spacial score (nSPS) is 36.1. The summed E-state index contributed by atoms with van der Waals surface area (Å²) in [6.45, 7) is 9.00. The van der Waals surface area contributed by atoms with E-state index in [1.807, 2.05) is 0 Å². The second kappa shape index (κ2) is 11.6. The molecule has 2 saturated heterocycles. The Labute approximate surface area is 194 Å². The van der Waals surface area contributed by atoms with Crippen molar-refractivity contribution in [2.24, 2.45) is 0 Å². The lowest BCUT2D eigenvalue weighted by Crippen LogP contribution is -2.31. The summed E-state index contributed by atoms with van der Waals surface area (Å²) in [5.41, 5.74) is -1.23. The van der Waals surface area contributed by atoms with Gasteiger partial charge in [-0.2, -0.15) is 0 Å². The third-order valence-electron chi connectivity index (χ3n) is 5.46. The Morgan fingerprint density at radius 1 is 0.758 bits per heavy atom. The highest BCUT2D eigenvalue weighted by molar-refractivity contribution is 7.53. The molecule has 196 valence electrons. The Hall–Kier alpha value is 0.330. The number of phosphoric acid groups is 1. The van der Waals surface area contributed by atoms with Crippen molar-refractivity contribution in [2.75, 3.05) is 13.2 Å². The van der Waals surface area contributed by atoms with Gasteiger partial charge in [0.15, 0.2) is 0 Å². The van der Waals surface area contributed by atoms with E-state index in [0.29, 0.717) is 6.42 Å². The Kier molecular flexibility index (Phi) is 10.4. The van der Waals surface area contributed by atoms with Crippen LogP contribution >= 0.6 is 23.0 Å². The number of rotatable bonds is 12. The highest BCUT2D eigenvalue weighted by Crippen LogP contribution is 2.52. The summed E-state index contributed by atoms with van der Waals surface area (Å²) in [6, 6.07) is 0. The maximum Gasteiger partial charge on any atom is 0.472 e. The van der Waals surface area contributed by atoms with Gasteiger partial charge in [-0.15, -0.1) is 0 Å². The number of phosphoric ester groups is 1. The average Bonchev–Trinajstić information content (AvgIpc) is 3.18. The van der Waals surface area contributed by atoms with Crippen LogP contribution < -0.4 is 0 Å². The molecule has 0 saturated carbocycles. The summed E-state index contributed by atoms with van der Waals surface area (Å²) >= 11 is 0. The topological polar surface area (TPSA) is 167 Å². The third-order valence-corrected chi connectivity index (χ3v) is 10.2. The van der Waals surface area contributed by atoms with E-state index in [9.17, 15) is 28.4 Å². The number of hydrogen-bond donors (Lipinski definition) is 3. The molecule has 2 rings (SSSR count). The van der Waals surface area contributed by atoms with Crippen LogP contribution in [0.3, 0.4) is 0 Å². The highest BCUT2D eigenvalue weighted by atomic mass is 31.2. The van der Waals surface area contributed by atoms with E-state index in [-0.39, 0.29) is 25.2 Å². The van der Waals surface area contributed by atoms with E-state index >= 15 is 0 Å². The van der Waals surface area contributed by atoms with E-state index in [1.165, 1.54) is 0 Å². The zero-order chi connectivity index (χ0) is 25.2. The van der Waals surface area contributed by atoms with Crippen molar-refractivity contribution in [1.29, 1.82) is 0 Å². The molecule has 0 radical (unpaired) electrons. The summed E-state index contributed by atoms with van der Waals surface area (Å²) < 4.78 is 69.0. The van der Waals surface area contributed by atoms with Crippen molar-refractivity contribution in [3.8, 4) is 0 Å². The molecule has 2 heterocycles. The minimum absolute atomic E-state index is 0.254. The molecule has 2 aliphatic heterocycles. The molecule has 0 aromatic carbocycles. The monoisotopic (exact) mass is 538 g/mol. The highest BCUT2D eigenvalue weighted by Gasteiger charge is 2.43. The van der Waals surface area contributed by atoms with Crippen molar-refractivity contribution in [3.63, 3.8) is 0 Å². The van der Waals surface area contributed by atoms with Crippen LogP contribution in [0.2, 0.25) is 0 Å². The van der Waals surface area contributed by atoms with Gasteiger partial charge in [0.25, 0.3) is 0 Å². The molecule has 0 amide bonds. The fraction of sp³-hybridized carbons (Fsp3) is 1.00. The predicted molar refractivity (Wildman–Crippen MR) is 119 cm³/mol. The second-order valence-electron chi connectivity index (χ2n) is 9.11. The maximum absolute atomic E-state index is 12.6. The summed E-state index contributed by atoms with van der Waals surface area (Å²) in [7, 11) is -12.3. The van der Waals surface area contributed by atoms with E-state index in [4.69, 9.17) is 27.6 Å². The molecule has 3 N–H and O–H groups in total. The fourth-order valence-electron chi connectivity index (χ4n) is 3.37. The van der Waals surface area contributed by atoms with Gasteiger partial charge in [-0.05, 0) is 13.8 Å². The fourth-order valence-corrected chi connectivity index (χ4v) is 5.84. The minimum Gasteiger partial charge on any atom is -0.370 e. The first-order valence-corrected chi connectivity index (χ1v) is 15.8. The van der Waals surface area contributed by atoms with E-state index in [0.717, 1.165) is 0 Å². The molecule has 2 aliphatic rings. The maximum atomic E-state index is 12.6. The van der Waals surface area contributed by atoms with E-state index < -0.39 is 65.4 Å². The Bertz CT molecular complexity index is 790. The first kappa shape index (κ1) is 29.6. The zero-order valence-corrected chi connectivity index (χ0v) is 22.5. The Morgan fingerprint density at radius 3 is 1.64 bits per heavy atom. The smallest absolute Gasteiger partial charge is 0.370 e. The van der Waals surface area contributed by atoms with Crippen LogP contribution in [0.4, 0.5) is 0 Å². The average molecular weight is 538 g/mol. The van der Waals surface area contributed by atoms with Gasteiger partial charge >= 0.3 is 23.0 Å². The minimum atomic E-state index is -4.59. The summed E-state index contributed by atoms with van der Waals surface area (Å²) in [5.74, 6) is 0. The SMILES string of the molecule is CC(C)P(=O)(O)OC[C@H]1O[C@@H](C)C[C@@H]1OP(=O)(O)OC[C@H]1O[C@@H](C)C[C@@H]1OP(=O)(O)C(C)C. The van der Waals surface area contributed by atoms with E-state index in [2.05, 4.69) is 0 Å². The first-order chi connectivity index (χ1) is 15.0. The molecule has 0 aromatic rings. The summed E-state index contributed by atoms with van der Waals surface area (Å²) in [4.78, 5) is 30.1. The molecule has 15 heteroatoms. The van der Waals surface area contributed by atoms with Gasteiger partial charge in [-0.1, -0.05) is 27.7 Å². The van der Waals surface area contributed by atoms with Crippen LogP contribution in [0.1, 0.15) is 54.4 Å². The lowest BCUT2D eigenvalue weighted by atomic mass is 10.1. The van der Waals surface area contributed by atoms with Crippen LogP contribution in [0.15, 0.2) is 0 Å². The van der Waals surface area contributed by atoms with Gasteiger partial charge in [0.2, 0.25) is 0 Å². The van der Waals surface area contributed by atoms with Crippen molar-refractivity contribution < 1.29 is 55.9 Å². The van der Waals surface area contributed by atoms with Crippen LogP contribution in [-0.4, -0.2) is 75.8 Å². The predicted octanol–water partition coefficient (Wildman–Crippen LogP) is 3.43. The Balaban J connectivity index is 1.95. The second-order valence-corrected chi connectivity index (χ2v) is 15.3. The van der Waals surface area contributed by atoms with Crippen LogP contribution in [-0.2, 0) is 41.3 Å². The molecule has 9 atom stereocenters. The van der Waals surface area contributed by atoms with Crippen LogP contribution in [0.5, 0.6) is 0 Å². The molecular formula is C18H37O12P3. The van der Waals surface area contributed by atoms with Crippen molar-refractivity contribution in [1.82, 2.24) is 0 Å². The quantitative estimate of drug-likeness (QED) is 0.310.